The monoisotopic (exact) mass is 455 g/mol. The Morgan fingerprint density at radius 1 is 1.09 bits per heavy atom. The molecule has 2 amide bonds. The summed E-state index contributed by atoms with van der Waals surface area (Å²) in [5.41, 5.74) is 8.45. The van der Waals surface area contributed by atoms with Gasteiger partial charge in [0.25, 0.3) is 0 Å². The molecular weight excluding hydrogens is 429 g/mol. The van der Waals surface area contributed by atoms with Gasteiger partial charge in [-0.3, -0.25) is 0 Å². The molecule has 1 atom stereocenters. The van der Waals surface area contributed by atoms with E-state index < -0.39 is 0 Å². The van der Waals surface area contributed by atoms with Gasteiger partial charge in [0.05, 0.1) is 11.1 Å². The highest BCUT2D eigenvalue weighted by molar-refractivity contribution is 6.32. The molecule has 5 nitrogen and oxygen atoms in total. The van der Waals surface area contributed by atoms with Crippen LogP contribution in [0, 0.1) is 5.82 Å². The number of halogens is 2. The van der Waals surface area contributed by atoms with E-state index in [-0.39, 0.29) is 17.9 Å². The van der Waals surface area contributed by atoms with Gasteiger partial charge >= 0.3 is 6.03 Å². The van der Waals surface area contributed by atoms with E-state index >= 15 is 0 Å². The number of nitrogens with zero attached hydrogens (tertiary/aromatic N) is 1. The molecule has 0 radical (unpaired) electrons. The highest BCUT2D eigenvalue weighted by atomic mass is 35.5. The largest absolute Gasteiger partial charge is 0.487 e. The van der Waals surface area contributed by atoms with Gasteiger partial charge in [-0.05, 0) is 47.9 Å². The van der Waals surface area contributed by atoms with Crippen LogP contribution in [0.5, 0.6) is 5.75 Å². The van der Waals surface area contributed by atoms with E-state index in [0.29, 0.717) is 37.0 Å². The Kier molecular flexibility index (Phi) is 8.48. The number of urea groups is 1. The Morgan fingerprint density at radius 3 is 2.47 bits per heavy atom. The lowest BCUT2D eigenvalue weighted by Gasteiger charge is -2.25. The van der Waals surface area contributed by atoms with Crippen molar-refractivity contribution < 1.29 is 13.9 Å². The number of rotatable bonds is 9. The lowest BCUT2D eigenvalue weighted by atomic mass is 10.1. The van der Waals surface area contributed by atoms with Gasteiger partial charge in [0.2, 0.25) is 0 Å². The number of hydrogen-bond acceptors (Lipinski definition) is 3. The van der Waals surface area contributed by atoms with Gasteiger partial charge in [-0.2, -0.15) is 0 Å². The minimum Gasteiger partial charge on any atom is -0.487 e. The SMILES string of the molecule is CC(NC(=O)N(CCN)Cc1ccc(OCc2ccccc2)c(Cl)c1)c1ccc(F)cc1. The molecule has 168 valence electrons. The molecule has 3 aromatic carbocycles. The van der Waals surface area contributed by atoms with Gasteiger partial charge in [-0.25, -0.2) is 9.18 Å². The summed E-state index contributed by atoms with van der Waals surface area (Å²) >= 11 is 6.41. The summed E-state index contributed by atoms with van der Waals surface area (Å²) < 4.78 is 19.0. The molecule has 1 unspecified atom stereocenters. The Labute approximate surface area is 192 Å². The number of carbonyl (C=O) groups excluding carboxylic acids is 1. The summed E-state index contributed by atoms with van der Waals surface area (Å²) in [6.45, 7) is 3.32. The van der Waals surface area contributed by atoms with Crippen LogP contribution in [0.15, 0.2) is 72.8 Å². The van der Waals surface area contributed by atoms with E-state index in [0.717, 1.165) is 16.7 Å². The average Bonchev–Trinajstić information content (AvgIpc) is 2.79. The maximum absolute atomic E-state index is 13.2. The van der Waals surface area contributed by atoms with E-state index in [4.69, 9.17) is 22.1 Å². The lowest BCUT2D eigenvalue weighted by Crippen LogP contribution is -2.42. The third-order valence-electron chi connectivity index (χ3n) is 5.00. The summed E-state index contributed by atoms with van der Waals surface area (Å²) in [6.07, 6.45) is 0. The number of ether oxygens (including phenoxy) is 1. The number of nitrogens with one attached hydrogen (secondary N) is 1. The maximum atomic E-state index is 13.2. The smallest absolute Gasteiger partial charge is 0.318 e. The molecule has 0 fully saturated rings. The van der Waals surface area contributed by atoms with Gasteiger partial charge in [-0.1, -0.05) is 60.1 Å². The summed E-state index contributed by atoms with van der Waals surface area (Å²) in [5.74, 6) is 0.268. The summed E-state index contributed by atoms with van der Waals surface area (Å²) in [4.78, 5) is 14.4. The zero-order valence-corrected chi connectivity index (χ0v) is 18.7. The highest BCUT2D eigenvalue weighted by Gasteiger charge is 2.17. The predicted molar refractivity (Wildman–Crippen MR) is 125 cm³/mol. The van der Waals surface area contributed by atoms with E-state index in [2.05, 4.69) is 5.32 Å². The van der Waals surface area contributed by atoms with Gasteiger partial charge < -0.3 is 20.7 Å². The number of carbonyl (C=O) groups is 1. The van der Waals surface area contributed by atoms with Gasteiger partial charge in [-0.15, -0.1) is 0 Å². The molecule has 7 heteroatoms. The van der Waals surface area contributed by atoms with Gasteiger partial charge in [0, 0.05) is 19.6 Å². The van der Waals surface area contributed by atoms with Crippen LogP contribution in [0.25, 0.3) is 0 Å². The molecule has 0 spiro atoms. The molecule has 0 aliphatic carbocycles. The van der Waals surface area contributed by atoms with Crippen LogP contribution < -0.4 is 15.8 Å². The molecule has 0 aliphatic rings. The van der Waals surface area contributed by atoms with E-state index in [1.165, 1.54) is 12.1 Å². The predicted octanol–water partition coefficient (Wildman–Crippen LogP) is 5.29. The first-order valence-electron chi connectivity index (χ1n) is 10.4. The zero-order chi connectivity index (χ0) is 22.9. The Morgan fingerprint density at radius 2 is 1.81 bits per heavy atom. The first kappa shape index (κ1) is 23.6. The standard InChI is InChI=1S/C25H27ClFN3O2/c1-18(21-8-10-22(27)11-9-21)29-25(31)30(14-13-28)16-20-7-12-24(23(26)15-20)32-17-19-5-3-2-4-6-19/h2-12,15,18H,13-14,16-17,28H2,1H3,(H,29,31). The van der Waals surface area contributed by atoms with E-state index in [1.807, 2.05) is 43.3 Å². The van der Waals surface area contributed by atoms with Crippen LogP contribution in [0.2, 0.25) is 5.02 Å². The van der Waals surface area contributed by atoms with E-state index in [9.17, 15) is 9.18 Å². The van der Waals surface area contributed by atoms with Crippen molar-refractivity contribution in [2.75, 3.05) is 13.1 Å². The molecule has 0 aromatic heterocycles. The van der Waals surface area contributed by atoms with Crippen LogP contribution in [-0.2, 0) is 13.2 Å². The number of benzene rings is 3. The van der Waals surface area contributed by atoms with Crippen molar-refractivity contribution in [2.24, 2.45) is 5.73 Å². The Balaban J connectivity index is 1.62. The van der Waals surface area contributed by atoms with Crippen molar-refractivity contribution in [3.8, 4) is 5.75 Å². The number of hydrogen-bond donors (Lipinski definition) is 2. The zero-order valence-electron chi connectivity index (χ0n) is 17.9. The fourth-order valence-corrected chi connectivity index (χ4v) is 3.49. The van der Waals surface area contributed by atoms with Crippen LogP contribution in [-0.4, -0.2) is 24.0 Å². The molecular formula is C25H27ClFN3O2. The quantitative estimate of drug-likeness (QED) is 0.460. The molecule has 0 bridgehead atoms. The summed E-state index contributed by atoms with van der Waals surface area (Å²) in [7, 11) is 0. The van der Waals surface area contributed by atoms with Crippen molar-refractivity contribution in [3.05, 3.63) is 100 Å². The fraction of sp³-hybridized carbons (Fsp3) is 0.240. The van der Waals surface area contributed by atoms with Gasteiger partial charge in [0.15, 0.2) is 0 Å². The summed E-state index contributed by atoms with van der Waals surface area (Å²) in [5, 5.41) is 3.41. The minimum absolute atomic E-state index is 0.257. The average molecular weight is 456 g/mol. The van der Waals surface area contributed by atoms with Crippen LogP contribution >= 0.6 is 11.6 Å². The van der Waals surface area contributed by atoms with Crippen LogP contribution in [0.3, 0.4) is 0 Å². The lowest BCUT2D eigenvalue weighted by molar-refractivity contribution is 0.193. The third-order valence-corrected chi connectivity index (χ3v) is 5.30. The third kappa shape index (κ3) is 6.70. The molecule has 3 aromatic rings. The molecule has 0 aliphatic heterocycles. The van der Waals surface area contributed by atoms with Crippen LogP contribution in [0.1, 0.15) is 29.7 Å². The van der Waals surface area contributed by atoms with Crippen molar-refractivity contribution in [1.29, 1.82) is 0 Å². The Hall–Kier alpha value is -3.09. The molecule has 3 N–H and O–H groups in total. The highest BCUT2D eigenvalue weighted by Crippen LogP contribution is 2.27. The molecule has 3 rings (SSSR count). The minimum atomic E-state index is -0.315. The fourth-order valence-electron chi connectivity index (χ4n) is 3.23. The van der Waals surface area contributed by atoms with Crippen molar-refractivity contribution >= 4 is 17.6 Å². The number of amides is 2. The second-order valence-corrected chi connectivity index (χ2v) is 7.88. The van der Waals surface area contributed by atoms with Crippen LogP contribution in [0.4, 0.5) is 9.18 Å². The van der Waals surface area contributed by atoms with Crippen molar-refractivity contribution in [1.82, 2.24) is 10.2 Å². The molecule has 0 heterocycles. The first-order valence-corrected chi connectivity index (χ1v) is 10.8. The van der Waals surface area contributed by atoms with Crippen molar-refractivity contribution in [2.45, 2.75) is 26.1 Å². The second kappa shape index (κ2) is 11.5. The molecule has 0 saturated heterocycles. The first-order chi connectivity index (χ1) is 15.5. The number of nitrogens with two attached hydrogens (primary N) is 1. The normalized spacial score (nSPS) is 11.6. The maximum Gasteiger partial charge on any atom is 0.318 e. The van der Waals surface area contributed by atoms with Gasteiger partial charge in [0.1, 0.15) is 18.2 Å². The summed E-state index contributed by atoms with van der Waals surface area (Å²) in [6, 6.07) is 20.8. The van der Waals surface area contributed by atoms with Crippen molar-refractivity contribution in [3.63, 3.8) is 0 Å². The molecule has 0 saturated carbocycles. The van der Waals surface area contributed by atoms with E-state index in [1.54, 1.807) is 29.2 Å². The second-order valence-electron chi connectivity index (χ2n) is 7.47. The molecule has 32 heavy (non-hydrogen) atoms. The Bertz CT molecular complexity index is 1020. The topological polar surface area (TPSA) is 67.6 Å².